The molecule has 0 aliphatic carbocycles. The second-order valence-corrected chi connectivity index (χ2v) is 14.3. The predicted molar refractivity (Wildman–Crippen MR) is 197 cm³/mol. The third-order valence-electron chi connectivity index (χ3n) is 8.09. The number of phosphoric ester groups is 1. The van der Waals surface area contributed by atoms with Crippen molar-refractivity contribution in [2.24, 2.45) is 5.73 Å². The summed E-state index contributed by atoms with van der Waals surface area (Å²) in [5.41, 5.74) is 5.33. The number of hydrogen-bond acceptors (Lipinski definition) is 8. The van der Waals surface area contributed by atoms with Gasteiger partial charge in [-0.1, -0.05) is 141 Å². The van der Waals surface area contributed by atoms with Crippen molar-refractivity contribution in [3.8, 4) is 0 Å². The maximum atomic E-state index is 12.5. The van der Waals surface area contributed by atoms with Crippen molar-refractivity contribution in [1.29, 1.82) is 0 Å². The van der Waals surface area contributed by atoms with Crippen LogP contribution in [0, 0.1) is 0 Å². The molecule has 9 nitrogen and oxygen atoms in total. The Labute approximate surface area is 293 Å². The molecule has 2 unspecified atom stereocenters. The number of carbonyl (C=O) groups excluding carboxylic acids is 2. The van der Waals surface area contributed by atoms with Crippen LogP contribution in [-0.4, -0.2) is 49.3 Å². The maximum absolute atomic E-state index is 12.5. The maximum Gasteiger partial charge on any atom is 0.472 e. The van der Waals surface area contributed by atoms with Gasteiger partial charge in [0.05, 0.1) is 13.2 Å². The van der Waals surface area contributed by atoms with E-state index in [0.29, 0.717) is 6.42 Å². The topological polar surface area (TPSA) is 134 Å². The Bertz CT molecular complexity index is 851. The van der Waals surface area contributed by atoms with Crippen molar-refractivity contribution in [2.45, 2.75) is 180 Å². The minimum Gasteiger partial charge on any atom is -0.462 e. The lowest BCUT2D eigenvalue weighted by Gasteiger charge is -2.19. The summed E-state index contributed by atoms with van der Waals surface area (Å²) < 4.78 is 32.6. The SMILES string of the molecule is CCCCC/C=C\C/C=C\CCCCCCCC(=O)OC(COC(=O)CCCCCCCCCCCCCC)COP(=O)(O)OCCN. The minimum atomic E-state index is -4.37. The lowest BCUT2D eigenvalue weighted by Crippen LogP contribution is -2.29. The Morgan fingerprint density at radius 1 is 0.625 bits per heavy atom. The van der Waals surface area contributed by atoms with Crippen LogP contribution in [0.25, 0.3) is 0 Å². The lowest BCUT2D eigenvalue weighted by molar-refractivity contribution is -0.161. The Morgan fingerprint density at radius 3 is 1.62 bits per heavy atom. The summed E-state index contributed by atoms with van der Waals surface area (Å²) >= 11 is 0. The van der Waals surface area contributed by atoms with E-state index in [-0.39, 0.29) is 38.6 Å². The van der Waals surface area contributed by atoms with Gasteiger partial charge in [-0.25, -0.2) is 4.57 Å². The van der Waals surface area contributed by atoms with Gasteiger partial charge < -0.3 is 20.1 Å². The van der Waals surface area contributed by atoms with E-state index in [0.717, 1.165) is 57.8 Å². The number of carbonyl (C=O) groups is 2. The van der Waals surface area contributed by atoms with E-state index in [1.165, 1.54) is 83.5 Å². The second-order valence-electron chi connectivity index (χ2n) is 12.8. The highest BCUT2D eigenvalue weighted by molar-refractivity contribution is 7.47. The largest absolute Gasteiger partial charge is 0.472 e. The molecule has 48 heavy (non-hydrogen) atoms. The lowest BCUT2D eigenvalue weighted by atomic mass is 10.0. The van der Waals surface area contributed by atoms with Crippen LogP contribution in [0.1, 0.15) is 174 Å². The van der Waals surface area contributed by atoms with Gasteiger partial charge in [0.15, 0.2) is 6.10 Å². The van der Waals surface area contributed by atoms with E-state index in [2.05, 4.69) is 38.2 Å². The molecule has 0 rings (SSSR count). The molecule has 0 aromatic rings. The van der Waals surface area contributed by atoms with Crippen molar-refractivity contribution in [3.63, 3.8) is 0 Å². The Balaban J connectivity index is 4.24. The summed E-state index contributed by atoms with van der Waals surface area (Å²) in [5.74, 6) is -0.842. The molecule has 2 atom stereocenters. The van der Waals surface area contributed by atoms with Gasteiger partial charge in [0.2, 0.25) is 0 Å². The first kappa shape index (κ1) is 46.5. The van der Waals surface area contributed by atoms with Crippen LogP contribution in [0.4, 0.5) is 0 Å². The number of nitrogens with two attached hydrogens (primary N) is 1. The standard InChI is InChI=1S/C38H72NO8P/c1-3-5-7-9-11-13-15-17-18-19-21-23-25-27-29-31-38(41)47-36(35-46-48(42,43)45-33-32-39)34-44-37(40)30-28-26-24-22-20-16-14-12-10-8-6-4-2/h11,13,17-18,36H,3-10,12,14-16,19-35,39H2,1-2H3,(H,42,43)/b13-11-,18-17-. The molecular formula is C38H72NO8P. The predicted octanol–water partition coefficient (Wildman–Crippen LogP) is 10.4. The Hall–Kier alpha value is -1.51. The van der Waals surface area contributed by atoms with Gasteiger partial charge in [-0.05, 0) is 44.9 Å². The van der Waals surface area contributed by atoms with Crippen molar-refractivity contribution in [3.05, 3.63) is 24.3 Å². The molecule has 0 amide bonds. The monoisotopic (exact) mass is 701 g/mol. The molecule has 0 radical (unpaired) electrons. The first-order valence-electron chi connectivity index (χ1n) is 19.3. The van der Waals surface area contributed by atoms with Crippen molar-refractivity contribution >= 4 is 19.8 Å². The van der Waals surface area contributed by atoms with Gasteiger partial charge in [-0.2, -0.15) is 0 Å². The summed E-state index contributed by atoms with van der Waals surface area (Å²) in [7, 11) is -4.37. The van der Waals surface area contributed by atoms with Crippen molar-refractivity contribution in [1.82, 2.24) is 0 Å². The average Bonchev–Trinajstić information content (AvgIpc) is 3.07. The molecule has 0 heterocycles. The summed E-state index contributed by atoms with van der Waals surface area (Å²) in [6, 6.07) is 0. The fourth-order valence-corrected chi connectivity index (χ4v) is 5.96. The molecule has 282 valence electrons. The Kier molecular flexibility index (Phi) is 34.2. The summed E-state index contributed by atoms with van der Waals surface area (Å²) in [6.07, 6.45) is 34.9. The number of unbranched alkanes of at least 4 members (excludes halogenated alkanes) is 19. The zero-order valence-corrected chi connectivity index (χ0v) is 31.6. The Morgan fingerprint density at radius 2 is 1.08 bits per heavy atom. The highest BCUT2D eigenvalue weighted by Crippen LogP contribution is 2.43. The first-order valence-corrected chi connectivity index (χ1v) is 20.8. The molecule has 0 bridgehead atoms. The number of ether oxygens (including phenoxy) is 2. The van der Waals surface area contributed by atoms with Crippen LogP contribution in [0.5, 0.6) is 0 Å². The molecular weight excluding hydrogens is 629 g/mol. The molecule has 0 aromatic heterocycles. The van der Waals surface area contributed by atoms with Crippen molar-refractivity contribution in [2.75, 3.05) is 26.4 Å². The summed E-state index contributed by atoms with van der Waals surface area (Å²) in [6.45, 7) is 3.68. The van der Waals surface area contributed by atoms with Gasteiger partial charge in [0, 0.05) is 19.4 Å². The van der Waals surface area contributed by atoms with Gasteiger partial charge >= 0.3 is 19.8 Å². The first-order chi connectivity index (χ1) is 23.3. The zero-order valence-electron chi connectivity index (χ0n) is 30.7. The second kappa shape index (κ2) is 35.3. The molecule has 0 saturated heterocycles. The van der Waals surface area contributed by atoms with Gasteiger partial charge in [0.1, 0.15) is 6.61 Å². The van der Waals surface area contributed by atoms with Crippen molar-refractivity contribution < 1.29 is 37.6 Å². The molecule has 0 fully saturated rings. The third kappa shape index (κ3) is 34.4. The molecule has 0 saturated carbocycles. The normalized spacial score (nSPS) is 13.7. The van der Waals surface area contributed by atoms with E-state index >= 15 is 0 Å². The van der Waals surface area contributed by atoms with Crippen LogP contribution in [0.15, 0.2) is 24.3 Å². The van der Waals surface area contributed by atoms with Crippen LogP contribution < -0.4 is 5.73 Å². The van der Waals surface area contributed by atoms with Crippen LogP contribution in [0.2, 0.25) is 0 Å². The van der Waals surface area contributed by atoms with E-state index in [1.807, 2.05) is 0 Å². The summed E-state index contributed by atoms with van der Waals surface area (Å²) in [4.78, 5) is 34.7. The number of hydrogen-bond donors (Lipinski definition) is 2. The quantitative estimate of drug-likeness (QED) is 0.0283. The highest BCUT2D eigenvalue weighted by atomic mass is 31.2. The van der Waals surface area contributed by atoms with Crippen LogP contribution >= 0.6 is 7.82 Å². The molecule has 0 aromatic carbocycles. The number of allylic oxidation sites excluding steroid dienone is 4. The van der Waals surface area contributed by atoms with Gasteiger partial charge in [-0.3, -0.25) is 18.6 Å². The highest BCUT2D eigenvalue weighted by Gasteiger charge is 2.25. The zero-order chi connectivity index (χ0) is 35.4. The van der Waals surface area contributed by atoms with E-state index in [4.69, 9.17) is 24.3 Å². The number of esters is 2. The molecule has 3 N–H and O–H groups in total. The van der Waals surface area contributed by atoms with Crippen LogP contribution in [0.3, 0.4) is 0 Å². The number of rotatable bonds is 36. The molecule has 0 aliphatic heterocycles. The number of phosphoric acid groups is 1. The van der Waals surface area contributed by atoms with Gasteiger partial charge in [-0.15, -0.1) is 0 Å². The van der Waals surface area contributed by atoms with E-state index in [1.54, 1.807) is 0 Å². The smallest absolute Gasteiger partial charge is 0.462 e. The fourth-order valence-electron chi connectivity index (χ4n) is 5.19. The van der Waals surface area contributed by atoms with E-state index < -0.39 is 26.5 Å². The summed E-state index contributed by atoms with van der Waals surface area (Å²) in [5, 5.41) is 0. The minimum absolute atomic E-state index is 0.0522. The molecule has 0 aliphatic rings. The van der Waals surface area contributed by atoms with E-state index in [9.17, 15) is 19.0 Å². The van der Waals surface area contributed by atoms with Gasteiger partial charge in [0.25, 0.3) is 0 Å². The third-order valence-corrected chi connectivity index (χ3v) is 9.07. The van der Waals surface area contributed by atoms with Crippen LogP contribution in [-0.2, 0) is 32.7 Å². The molecule has 0 spiro atoms. The average molecular weight is 702 g/mol. The molecule has 10 heteroatoms. The fraction of sp³-hybridized carbons (Fsp3) is 0.842.